The van der Waals surface area contributed by atoms with E-state index < -0.39 is 0 Å². The third-order valence-electron chi connectivity index (χ3n) is 4.86. The van der Waals surface area contributed by atoms with Gasteiger partial charge >= 0.3 is 0 Å². The SMILES string of the molecule is CC1=Nc2c(c(=O)[nH]n2C2CCCCC2)C(c2cccc(O)c2)S1. The molecule has 1 aliphatic heterocycles. The van der Waals surface area contributed by atoms with Gasteiger partial charge in [0.05, 0.1) is 21.9 Å². The van der Waals surface area contributed by atoms with Gasteiger partial charge in [-0.3, -0.25) is 14.6 Å². The zero-order chi connectivity index (χ0) is 16.7. The minimum atomic E-state index is -0.127. The van der Waals surface area contributed by atoms with Crippen molar-refractivity contribution in [3.63, 3.8) is 0 Å². The van der Waals surface area contributed by atoms with Crippen LogP contribution >= 0.6 is 11.8 Å². The van der Waals surface area contributed by atoms with Crippen molar-refractivity contribution in [2.24, 2.45) is 4.99 Å². The van der Waals surface area contributed by atoms with Crippen LogP contribution in [0.5, 0.6) is 5.75 Å². The molecule has 1 atom stereocenters. The van der Waals surface area contributed by atoms with Crippen molar-refractivity contribution < 1.29 is 5.11 Å². The number of aromatic hydroxyl groups is 1. The summed E-state index contributed by atoms with van der Waals surface area (Å²) >= 11 is 1.57. The van der Waals surface area contributed by atoms with E-state index in [1.54, 1.807) is 23.9 Å². The summed E-state index contributed by atoms with van der Waals surface area (Å²) in [5.74, 6) is 0.995. The molecule has 0 radical (unpaired) electrons. The minimum absolute atomic E-state index is 0.0623. The maximum atomic E-state index is 12.7. The van der Waals surface area contributed by atoms with Gasteiger partial charge in [-0.2, -0.15) is 0 Å². The first-order chi connectivity index (χ1) is 11.6. The van der Waals surface area contributed by atoms with Gasteiger partial charge in [0.15, 0.2) is 5.82 Å². The van der Waals surface area contributed by atoms with Gasteiger partial charge in [0.2, 0.25) is 0 Å². The van der Waals surface area contributed by atoms with Crippen molar-refractivity contribution >= 4 is 22.6 Å². The Hall–Kier alpha value is -1.95. The number of fused-ring (bicyclic) bond motifs is 1. The molecule has 0 saturated heterocycles. The Morgan fingerprint density at radius 3 is 2.83 bits per heavy atom. The van der Waals surface area contributed by atoms with Crippen molar-refractivity contribution in [3.05, 3.63) is 45.7 Å². The second-order valence-electron chi connectivity index (χ2n) is 6.56. The van der Waals surface area contributed by atoms with Gasteiger partial charge in [-0.15, -0.1) is 0 Å². The number of nitrogens with one attached hydrogen (secondary N) is 1. The minimum Gasteiger partial charge on any atom is -0.508 e. The number of aromatic nitrogens is 2. The molecule has 0 spiro atoms. The Kier molecular flexibility index (Phi) is 4.00. The number of benzene rings is 1. The molecule has 24 heavy (non-hydrogen) atoms. The number of thioether (sulfide) groups is 1. The summed E-state index contributed by atoms with van der Waals surface area (Å²) in [5.41, 5.74) is 1.58. The molecular formula is C18H21N3O2S. The Bertz CT molecular complexity index is 846. The van der Waals surface area contributed by atoms with Crippen molar-refractivity contribution in [1.82, 2.24) is 9.78 Å². The summed E-state index contributed by atoms with van der Waals surface area (Å²) in [5, 5.41) is 13.7. The number of hydrogen-bond donors (Lipinski definition) is 2. The van der Waals surface area contributed by atoms with Gasteiger partial charge in [0.25, 0.3) is 5.56 Å². The van der Waals surface area contributed by atoms with Crippen molar-refractivity contribution in [2.45, 2.75) is 50.3 Å². The third kappa shape index (κ3) is 2.69. The van der Waals surface area contributed by atoms with Crippen LogP contribution in [0.4, 0.5) is 5.82 Å². The van der Waals surface area contributed by atoms with Crippen LogP contribution in [0.3, 0.4) is 0 Å². The van der Waals surface area contributed by atoms with Crippen molar-refractivity contribution in [1.29, 1.82) is 0 Å². The number of aliphatic imine (C=N–C) groups is 1. The number of hydrogen-bond acceptors (Lipinski definition) is 4. The fraction of sp³-hybridized carbons (Fsp3) is 0.444. The zero-order valence-corrected chi connectivity index (χ0v) is 14.5. The van der Waals surface area contributed by atoms with E-state index >= 15 is 0 Å². The molecule has 1 unspecified atom stereocenters. The topological polar surface area (TPSA) is 70.4 Å². The first kappa shape index (κ1) is 15.6. The van der Waals surface area contributed by atoms with Crippen LogP contribution < -0.4 is 5.56 Å². The van der Waals surface area contributed by atoms with Gasteiger partial charge in [-0.25, -0.2) is 4.99 Å². The molecule has 1 fully saturated rings. The summed E-state index contributed by atoms with van der Waals surface area (Å²) in [6.45, 7) is 1.98. The third-order valence-corrected chi connectivity index (χ3v) is 6.04. The molecule has 4 rings (SSSR count). The molecule has 1 aromatic carbocycles. The van der Waals surface area contributed by atoms with Crippen LogP contribution in [-0.4, -0.2) is 19.9 Å². The molecule has 0 amide bonds. The van der Waals surface area contributed by atoms with Gasteiger partial charge in [-0.05, 0) is 37.5 Å². The van der Waals surface area contributed by atoms with Gasteiger partial charge < -0.3 is 5.11 Å². The molecule has 1 saturated carbocycles. The standard InChI is InChI=1S/C18H21N3O2S/c1-11-19-17-15(16(24-11)12-6-5-9-14(22)10-12)18(23)20-21(17)13-7-3-2-4-8-13/h5-6,9-10,13,16,22H,2-4,7-8H2,1H3,(H,20,23). The van der Waals surface area contributed by atoms with Gasteiger partial charge in [0.1, 0.15) is 5.75 Å². The first-order valence-corrected chi connectivity index (χ1v) is 9.37. The lowest BCUT2D eigenvalue weighted by Gasteiger charge is -2.26. The summed E-state index contributed by atoms with van der Waals surface area (Å²) in [6, 6.07) is 7.49. The van der Waals surface area contributed by atoms with E-state index in [4.69, 9.17) is 0 Å². The summed E-state index contributed by atoms with van der Waals surface area (Å²) in [6.07, 6.45) is 5.86. The summed E-state index contributed by atoms with van der Waals surface area (Å²) in [4.78, 5) is 17.4. The molecule has 2 heterocycles. The fourth-order valence-electron chi connectivity index (χ4n) is 3.74. The van der Waals surface area contributed by atoms with Crippen LogP contribution in [-0.2, 0) is 0 Å². The lowest BCUT2D eigenvalue weighted by Crippen LogP contribution is -2.16. The van der Waals surface area contributed by atoms with E-state index in [-0.39, 0.29) is 16.6 Å². The molecule has 1 aliphatic carbocycles. The second kappa shape index (κ2) is 6.16. The van der Waals surface area contributed by atoms with Crippen LogP contribution in [0.1, 0.15) is 61.4 Å². The Labute approximate surface area is 144 Å². The van der Waals surface area contributed by atoms with E-state index in [1.807, 2.05) is 23.7 Å². The lowest BCUT2D eigenvalue weighted by atomic mass is 9.95. The van der Waals surface area contributed by atoms with E-state index in [0.717, 1.165) is 29.3 Å². The smallest absolute Gasteiger partial charge is 0.271 e. The molecule has 5 nitrogen and oxygen atoms in total. The van der Waals surface area contributed by atoms with Crippen LogP contribution in [0.15, 0.2) is 34.1 Å². The molecule has 1 aromatic heterocycles. The molecule has 2 aromatic rings. The highest BCUT2D eigenvalue weighted by atomic mass is 32.2. The quantitative estimate of drug-likeness (QED) is 0.855. The first-order valence-electron chi connectivity index (χ1n) is 8.49. The van der Waals surface area contributed by atoms with E-state index in [0.29, 0.717) is 11.6 Å². The predicted octanol–water partition coefficient (Wildman–Crippen LogP) is 4.27. The van der Waals surface area contributed by atoms with E-state index in [2.05, 4.69) is 10.1 Å². The largest absolute Gasteiger partial charge is 0.508 e. The summed E-state index contributed by atoms with van der Waals surface area (Å²) < 4.78 is 2.00. The van der Waals surface area contributed by atoms with E-state index in [9.17, 15) is 9.90 Å². The molecule has 126 valence electrons. The Morgan fingerprint density at radius 1 is 1.29 bits per heavy atom. The van der Waals surface area contributed by atoms with Crippen LogP contribution in [0.25, 0.3) is 0 Å². The molecule has 2 N–H and O–H groups in total. The molecule has 0 bridgehead atoms. The average molecular weight is 343 g/mol. The maximum Gasteiger partial charge on any atom is 0.271 e. The highest BCUT2D eigenvalue weighted by molar-refractivity contribution is 8.14. The van der Waals surface area contributed by atoms with Crippen molar-refractivity contribution in [2.75, 3.05) is 0 Å². The molecule has 6 heteroatoms. The predicted molar refractivity (Wildman–Crippen MR) is 97.5 cm³/mol. The lowest BCUT2D eigenvalue weighted by molar-refractivity contribution is 0.331. The van der Waals surface area contributed by atoms with Crippen LogP contribution in [0, 0.1) is 0 Å². The highest BCUT2D eigenvalue weighted by Gasteiger charge is 2.32. The zero-order valence-electron chi connectivity index (χ0n) is 13.7. The number of phenolic OH excluding ortho intramolecular Hbond substituents is 1. The molecular weight excluding hydrogens is 322 g/mol. The Balaban J connectivity index is 1.82. The fourth-order valence-corrected chi connectivity index (χ4v) is 4.83. The maximum absolute atomic E-state index is 12.7. The second-order valence-corrected chi connectivity index (χ2v) is 7.86. The van der Waals surface area contributed by atoms with Gasteiger partial charge in [-0.1, -0.05) is 43.2 Å². The number of phenols is 1. The average Bonchev–Trinajstić information content (AvgIpc) is 2.91. The molecule has 2 aliphatic rings. The monoisotopic (exact) mass is 343 g/mol. The normalized spacial score (nSPS) is 21.4. The summed E-state index contributed by atoms with van der Waals surface area (Å²) in [7, 11) is 0. The number of H-pyrrole nitrogens is 1. The number of aromatic amines is 1. The van der Waals surface area contributed by atoms with Crippen molar-refractivity contribution in [3.8, 4) is 5.75 Å². The van der Waals surface area contributed by atoms with Gasteiger partial charge in [0, 0.05) is 0 Å². The number of nitrogens with zero attached hydrogens (tertiary/aromatic N) is 2. The highest BCUT2D eigenvalue weighted by Crippen LogP contribution is 2.45. The number of rotatable bonds is 2. The Morgan fingerprint density at radius 2 is 2.08 bits per heavy atom. The van der Waals surface area contributed by atoms with E-state index in [1.165, 1.54) is 19.3 Å². The van der Waals surface area contributed by atoms with Crippen LogP contribution in [0.2, 0.25) is 0 Å².